The molecule has 2 aliphatic heterocycles. The van der Waals surface area contributed by atoms with E-state index < -0.39 is 0 Å². The summed E-state index contributed by atoms with van der Waals surface area (Å²) in [6.07, 6.45) is 2.91. The molecule has 2 heterocycles. The summed E-state index contributed by atoms with van der Waals surface area (Å²) in [6.45, 7) is 4.17. The number of anilines is 1. The first-order valence-electron chi connectivity index (χ1n) is 7.74. The van der Waals surface area contributed by atoms with E-state index in [9.17, 15) is 9.18 Å². The molecule has 3 rings (SSSR count). The fraction of sp³-hybridized carbons (Fsp3) is 0.562. The lowest BCUT2D eigenvalue weighted by atomic mass is 10.1. The lowest BCUT2D eigenvalue weighted by molar-refractivity contribution is -0.131. The maximum Gasteiger partial charge on any atom is 0.224 e. The van der Waals surface area contributed by atoms with Crippen LogP contribution in [0, 0.1) is 5.82 Å². The maximum atomic E-state index is 12.9. The van der Waals surface area contributed by atoms with Crippen LogP contribution in [0.15, 0.2) is 24.3 Å². The number of carbonyl (C=O) groups excluding carboxylic acids is 1. The second-order valence-corrected chi connectivity index (χ2v) is 5.84. The summed E-state index contributed by atoms with van der Waals surface area (Å²) in [4.78, 5) is 16.4. The summed E-state index contributed by atoms with van der Waals surface area (Å²) in [5.74, 6) is 0.0461. The van der Waals surface area contributed by atoms with Crippen LogP contribution >= 0.6 is 0 Å². The van der Waals surface area contributed by atoms with Crippen molar-refractivity contribution in [2.24, 2.45) is 0 Å². The quantitative estimate of drug-likeness (QED) is 0.919. The number of nitrogens with zero attached hydrogens (tertiary/aromatic N) is 2. The van der Waals surface area contributed by atoms with Gasteiger partial charge in [-0.05, 0) is 43.7 Å². The highest BCUT2D eigenvalue weighted by Gasteiger charge is 2.24. The van der Waals surface area contributed by atoms with Crippen LogP contribution in [0.3, 0.4) is 0 Å². The van der Waals surface area contributed by atoms with E-state index in [0.717, 1.165) is 44.8 Å². The summed E-state index contributed by atoms with van der Waals surface area (Å²) >= 11 is 0. The number of hydrogen-bond acceptors (Lipinski definition) is 3. The molecule has 2 saturated heterocycles. The Morgan fingerprint density at radius 2 is 1.90 bits per heavy atom. The Bertz CT molecular complexity index is 477. The number of amides is 1. The molecule has 21 heavy (non-hydrogen) atoms. The topological polar surface area (TPSA) is 35.6 Å². The molecule has 2 fully saturated rings. The van der Waals surface area contributed by atoms with E-state index in [1.165, 1.54) is 18.6 Å². The molecular weight excluding hydrogens is 269 g/mol. The van der Waals surface area contributed by atoms with Gasteiger partial charge in [0.15, 0.2) is 0 Å². The van der Waals surface area contributed by atoms with Gasteiger partial charge in [-0.15, -0.1) is 0 Å². The van der Waals surface area contributed by atoms with Crippen molar-refractivity contribution in [3.63, 3.8) is 0 Å². The highest BCUT2D eigenvalue weighted by atomic mass is 19.1. The van der Waals surface area contributed by atoms with E-state index in [2.05, 4.69) is 10.2 Å². The van der Waals surface area contributed by atoms with Crippen LogP contribution in [0.1, 0.15) is 19.3 Å². The molecule has 1 unspecified atom stereocenters. The second-order valence-electron chi connectivity index (χ2n) is 5.84. The van der Waals surface area contributed by atoms with Gasteiger partial charge in [0.25, 0.3) is 0 Å². The minimum absolute atomic E-state index is 0.211. The van der Waals surface area contributed by atoms with Gasteiger partial charge in [-0.1, -0.05) is 0 Å². The molecule has 0 saturated carbocycles. The number of benzene rings is 1. The van der Waals surface area contributed by atoms with Crippen LogP contribution in [0.4, 0.5) is 10.1 Å². The maximum absolute atomic E-state index is 12.9. The zero-order valence-electron chi connectivity index (χ0n) is 12.2. The molecular formula is C16H22FN3O. The molecule has 0 spiro atoms. The number of halogens is 1. The Labute approximate surface area is 124 Å². The van der Waals surface area contributed by atoms with Crippen molar-refractivity contribution in [3.8, 4) is 0 Å². The van der Waals surface area contributed by atoms with Crippen molar-refractivity contribution in [2.45, 2.75) is 25.3 Å². The molecule has 4 nitrogen and oxygen atoms in total. The largest absolute Gasteiger partial charge is 0.368 e. The molecule has 0 radical (unpaired) electrons. The van der Waals surface area contributed by atoms with E-state index in [1.54, 1.807) is 12.1 Å². The van der Waals surface area contributed by atoms with E-state index in [1.807, 2.05) is 4.90 Å². The summed E-state index contributed by atoms with van der Waals surface area (Å²) in [6, 6.07) is 6.94. The van der Waals surface area contributed by atoms with Crippen molar-refractivity contribution in [1.82, 2.24) is 10.2 Å². The lowest BCUT2D eigenvalue weighted by Gasteiger charge is -2.36. The Hall–Kier alpha value is -1.62. The first kappa shape index (κ1) is 14.3. The zero-order chi connectivity index (χ0) is 14.7. The predicted molar refractivity (Wildman–Crippen MR) is 80.8 cm³/mol. The van der Waals surface area contributed by atoms with Crippen LogP contribution in [0.5, 0.6) is 0 Å². The molecule has 0 bridgehead atoms. The average molecular weight is 291 g/mol. The van der Waals surface area contributed by atoms with Gasteiger partial charge in [0.05, 0.1) is 0 Å². The number of hydrogen-bond donors (Lipinski definition) is 1. The number of carbonyl (C=O) groups is 1. The molecule has 5 heteroatoms. The number of nitrogens with one attached hydrogen (secondary N) is 1. The SMILES string of the molecule is O=C(CC1CCCN1)N1CCN(c2ccc(F)cc2)CC1. The fourth-order valence-corrected chi connectivity index (χ4v) is 3.14. The third kappa shape index (κ3) is 3.53. The van der Waals surface area contributed by atoms with Gasteiger partial charge in [0.1, 0.15) is 5.82 Å². The molecule has 1 N–H and O–H groups in total. The lowest BCUT2D eigenvalue weighted by Crippen LogP contribution is -2.49. The Balaban J connectivity index is 1.50. The fourth-order valence-electron chi connectivity index (χ4n) is 3.14. The van der Waals surface area contributed by atoms with E-state index in [-0.39, 0.29) is 11.7 Å². The van der Waals surface area contributed by atoms with Crippen LogP contribution in [0.2, 0.25) is 0 Å². The summed E-state index contributed by atoms with van der Waals surface area (Å²) in [5, 5.41) is 3.37. The molecule has 1 aromatic rings. The van der Waals surface area contributed by atoms with Crippen molar-refractivity contribution in [2.75, 3.05) is 37.6 Å². The van der Waals surface area contributed by atoms with Gasteiger partial charge in [-0.2, -0.15) is 0 Å². The molecule has 2 aliphatic rings. The third-order valence-electron chi connectivity index (χ3n) is 4.41. The smallest absolute Gasteiger partial charge is 0.224 e. The molecule has 1 amide bonds. The van der Waals surface area contributed by atoms with E-state index in [0.29, 0.717) is 12.5 Å². The predicted octanol–water partition coefficient (Wildman–Crippen LogP) is 1.62. The van der Waals surface area contributed by atoms with Crippen molar-refractivity contribution >= 4 is 11.6 Å². The summed E-state index contributed by atoms with van der Waals surface area (Å²) < 4.78 is 12.9. The van der Waals surface area contributed by atoms with Crippen LogP contribution in [-0.4, -0.2) is 49.6 Å². The monoisotopic (exact) mass is 291 g/mol. The Morgan fingerprint density at radius 3 is 2.52 bits per heavy atom. The molecule has 1 aromatic carbocycles. The van der Waals surface area contributed by atoms with Crippen molar-refractivity contribution < 1.29 is 9.18 Å². The summed E-state index contributed by atoms with van der Waals surface area (Å²) in [7, 11) is 0. The Kier molecular flexibility index (Phi) is 4.39. The van der Waals surface area contributed by atoms with Crippen molar-refractivity contribution in [3.05, 3.63) is 30.1 Å². The highest BCUT2D eigenvalue weighted by Crippen LogP contribution is 2.18. The van der Waals surface area contributed by atoms with Gasteiger partial charge < -0.3 is 15.1 Å². The van der Waals surface area contributed by atoms with Gasteiger partial charge >= 0.3 is 0 Å². The molecule has 0 aliphatic carbocycles. The van der Waals surface area contributed by atoms with E-state index >= 15 is 0 Å². The van der Waals surface area contributed by atoms with Crippen LogP contribution < -0.4 is 10.2 Å². The minimum Gasteiger partial charge on any atom is -0.368 e. The van der Waals surface area contributed by atoms with E-state index in [4.69, 9.17) is 0 Å². The average Bonchev–Trinajstić information content (AvgIpc) is 3.01. The highest BCUT2D eigenvalue weighted by molar-refractivity contribution is 5.77. The second kappa shape index (κ2) is 6.43. The summed E-state index contributed by atoms with van der Waals surface area (Å²) in [5.41, 5.74) is 1.03. The standard InChI is InChI=1S/C16H22FN3O/c17-13-3-5-15(6-4-13)19-8-10-20(11-9-19)16(21)12-14-2-1-7-18-14/h3-6,14,18H,1-2,7-12H2. The van der Waals surface area contributed by atoms with Gasteiger partial charge in [0.2, 0.25) is 5.91 Å². The molecule has 0 aromatic heterocycles. The van der Waals surface area contributed by atoms with Gasteiger partial charge in [-0.3, -0.25) is 4.79 Å². The molecule has 1 atom stereocenters. The van der Waals surface area contributed by atoms with Crippen LogP contribution in [-0.2, 0) is 4.79 Å². The first-order chi connectivity index (χ1) is 10.2. The molecule has 114 valence electrons. The zero-order valence-corrected chi connectivity index (χ0v) is 12.2. The number of rotatable bonds is 3. The van der Waals surface area contributed by atoms with Crippen molar-refractivity contribution in [1.29, 1.82) is 0 Å². The minimum atomic E-state index is -0.211. The normalized spacial score (nSPS) is 22.6. The van der Waals surface area contributed by atoms with Gasteiger partial charge in [0, 0.05) is 44.3 Å². The Morgan fingerprint density at radius 1 is 1.19 bits per heavy atom. The number of piperazine rings is 1. The third-order valence-corrected chi connectivity index (χ3v) is 4.41. The first-order valence-corrected chi connectivity index (χ1v) is 7.74. The van der Waals surface area contributed by atoms with Crippen LogP contribution in [0.25, 0.3) is 0 Å². The van der Waals surface area contributed by atoms with Gasteiger partial charge in [-0.25, -0.2) is 4.39 Å².